The fourth-order valence-corrected chi connectivity index (χ4v) is 2.95. The van der Waals surface area contributed by atoms with Crippen molar-refractivity contribution in [2.24, 2.45) is 0 Å². The van der Waals surface area contributed by atoms with E-state index in [1.807, 2.05) is 30.3 Å². The highest BCUT2D eigenvalue weighted by molar-refractivity contribution is 7.16. The SMILES string of the molecule is O=C(CCNC(=O)c1cnc(-c2ccccc2)s1)Nc1ccccn1. The molecule has 0 spiro atoms. The molecule has 0 aliphatic carbocycles. The minimum absolute atomic E-state index is 0.173. The summed E-state index contributed by atoms with van der Waals surface area (Å²) in [6, 6.07) is 14.9. The van der Waals surface area contributed by atoms with Crippen molar-refractivity contribution in [3.05, 3.63) is 65.8 Å². The molecule has 3 aromatic rings. The van der Waals surface area contributed by atoms with Crippen molar-refractivity contribution in [1.29, 1.82) is 0 Å². The molecule has 2 heterocycles. The van der Waals surface area contributed by atoms with Gasteiger partial charge in [-0.05, 0) is 12.1 Å². The van der Waals surface area contributed by atoms with E-state index < -0.39 is 0 Å². The van der Waals surface area contributed by atoms with Crippen molar-refractivity contribution < 1.29 is 9.59 Å². The van der Waals surface area contributed by atoms with E-state index in [1.54, 1.807) is 30.6 Å². The van der Waals surface area contributed by atoms with Crippen molar-refractivity contribution in [2.75, 3.05) is 11.9 Å². The molecule has 2 amide bonds. The van der Waals surface area contributed by atoms with Gasteiger partial charge in [0.15, 0.2) is 0 Å². The van der Waals surface area contributed by atoms with Crippen LogP contribution >= 0.6 is 11.3 Å². The van der Waals surface area contributed by atoms with Crippen LogP contribution in [0.3, 0.4) is 0 Å². The highest BCUT2D eigenvalue weighted by Crippen LogP contribution is 2.24. The van der Waals surface area contributed by atoms with Gasteiger partial charge in [0.25, 0.3) is 5.91 Å². The molecule has 0 aliphatic rings. The number of benzene rings is 1. The Morgan fingerprint density at radius 1 is 1.00 bits per heavy atom. The predicted molar refractivity (Wildman–Crippen MR) is 97.4 cm³/mol. The molecule has 0 fully saturated rings. The van der Waals surface area contributed by atoms with Crippen LogP contribution in [0, 0.1) is 0 Å². The Bertz CT molecular complexity index is 850. The van der Waals surface area contributed by atoms with E-state index in [-0.39, 0.29) is 24.8 Å². The van der Waals surface area contributed by atoms with Gasteiger partial charge < -0.3 is 10.6 Å². The summed E-state index contributed by atoms with van der Waals surface area (Å²) < 4.78 is 0. The van der Waals surface area contributed by atoms with Crippen LogP contribution in [-0.2, 0) is 4.79 Å². The average molecular weight is 352 g/mol. The fraction of sp³-hybridized carbons (Fsp3) is 0.111. The van der Waals surface area contributed by atoms with E-state index in [0.717, 1.165) is 10.6 Å². The monoisotopic (exact) mass is 352 g/mol. The summed E-state index contributed by atoms with van der Waals surface area (Å²) in [6.07, 6.45) is 3.33. The molecule has 1 aromatic carbocycles. The molecule has 3 rings (SSSR count). The van der Waals surface area contributed by atoms with Crippen molar-refractivity contribution >= 4 is 29.0 Å². The number of hydrogen-bond acceptors (Lipinski definition) is 5. The zero-order valence-corrected chi connectivity index (χ0v) is 14.1. The van der Waals surface area contributed by atoms with Crippen LogP contribution in [-0.4, -0.2) is 28.3 Å². The third-order valence-corrected chi connectivity index (χ3v) is 4.37. The summed E-state index contributed by atoms with van der Waals surface area (Å²) in [5.41, 5.74) is 0.973. The molecule has 0 unspecified atom stereocenters. The second kappa shape index (κ2) is 8.16. The third kappa shape index (κ3) is 4.71. The van der Waals surface area contributed by atoms with E-state index in [0.29, 0.717) is 10.7 Å². The maximum absolute atomic E-state index is 12.1. The smallest absolute Gasteiger partial charge is 0.263 e. The summed E-state index contributed by atoms with van der Waals surface area (Å²) in [4.78, 5) is 32.8. The molecule has 0 saturated heterocycles. The predicted octanol–water partition coefficient (Wildman–Crippen LogP) is 2.96. The minimum Gasteiger partial charge on any atom is -0.351 e. The van der Waals surface area contributed by atoms with Gasteiger partial charge in [-0.3, -0.25) is 9.59 Å². The van der Waals surface area contributed by atoms with Gasteiger partial charge in [0.2, 0.25) is 5.91 Å². The normalized spacial score (nSPS) is 10.2. The molecular formula is C18H16N4O2S. The van der Waals surface area contributed by atoms with Crippen molar-refractivity contribution in [1.82, 2.24) is 15.3 Å². The number of anilines is 1. The second-order valence-electron chi connectivity index (χ2n) is 5.16. The van der Waals surface area contributed by atoms with Crippen molar-refractivity contribution in [3.63, 3.8) is 0 Å². The van der Waals surface area contributed by atoms with Gasteiger partial charge in [-0.1, -0.05) is 36.4 Å². The van der Waals surface area contributed by atoms with Crippen LogP contribution in [0.2, 0.25) is 0 Å². The Hall–Kier alpha value is -3.06. The number of amides is 2. The van der Waals surface area contributed by atoms with Crippen molar-refractivity contribution in [2.45, 2.75) is 6.42 Å². The fourth-order valence-electron chi connectivity index (χ4n) is 2.11. The summed E-state index contributed by atoms with van der Waals surface area (Å²) in [7, 11) is 0. The van der Waals surface area contributed by atoms with E-state index in [1.165, 1.54) is 11.3 Å². The topological polar surface area (TPSA) is 84.0 Å². The summed E-state index contributed by atoms with van der Waals surface area (Å²) >= 11 is 1.32. The second-order valence-corrected chi connectivity index (χ2v) is 6.20. The lowest BCUT2D eigenvalue weighted by Crippen LogP contribution is -2.27. The molecule has 126 valence electrons. The number of nitrogens with one attached hydrogen (secondary N) is 2. The first-order chi connectivity index (χ1) is 12.2. The minimum atomic E-state index is -0.231. The number of carbonyl (C=O) groups excluding carboxylic acids is 2. The number of nitrogens with zero attached hydrogens (tertiary/aromatic N) is 2. The summed E-state index contributed by atoms with van der Waals surface area (Å²) in [5, 5.41) is 6.19. The molecule has 2 N–H and O–H groups in total. The third-order valence-electron chi connectivity index (χ3n) is 3.32. The van der Waals surface area contributed by atoms with Crippen LogP contribution in [0.4, 0.5) is 5.82 Å². The number of carbonyl (C=O) groups is 2. The first-order valence-electron chi connectivity index (χ1n) is 7.73. The Balaban J connectivity index is 1.48. The van der Waals surface area contributed by atoms with E-state index in [9.17, 15) is 9.59 Å². The number of hydrogen-bond donors (Lipinski definition) is 2. The zero-order valence-electron chi connectivity index (χ0n) is 13.3. The number of rotatable bonds is 6. The van der Waals surface area contributed by atoms with E-state index in [2.05, 4.69) is 20.6 Å². The summed E-state index contributed by atoms with van der Waals surface area (Å²) in [6.45, 7) is 0.246. The van der Waals surface area contributed by atoms with Gasteiger partial charge in [-0.2, -0.15) is 0 Å². The molecule has 0 saturated carbocycles. The first kappa shape index (κ1) is 16.8. The van der Waals surface area contributed by atoms with Crippen molar-refractivity contribution in [3.8, 4) is 10.6 Å². The molecule has 0 bridgehead atoms. The zero-order chi connectivity index (χ0) is 17.5. The maximum atomic E-state index is 12.1. The average Bonchev–Trinajstić information content (AvgIpc) is 3.13. The van der Waals surface area contributed by atoms with Gasteiger partial charge in [0, 0.05) is 24.7 Å². The number of pyridine rings is 1. The van der Waals surface area contributed by atoms with Gasteiger partial charge in [0.05, 0.1) is 6.20 Å². The first-order valence-corrected chi connectivity index (χ1v) is 8.54. The Kier molecular flexibility index (Phi) is 5.48. The lowest BCUT2D eigenvalue weighted by Gasteiger charge is -2.05. The number of aromatic nitrogens is 2. The van der Waals surface area contributed by atoms with Gasteiger partial charge >= 0.3 is 0 Å². The molecule has 0 atom stereocenters. The molecule has 25 heavy (non-hydrogen) atoms. The van der Waals surface area contributed by atoms with E-state index >= 15 is 0 Å². The lowest BCUT2D eigenvalue weighted by molar-refractivity contribution is -0.116. The van der Waals surface area contributed by atoms with Crippen LogP contribution < -0.4 is 10.6 Å². The van der Waals surface area contributed by atoms with Gasteiger partial charge in [-0.25, -0.2) is 9.97 Å². The largest absolute Gasteiger partial charge is 0.351 e. The molecule has 0 radical (unpaired) electrons. The van der Waals surface area contributed by atoms with Gasteiger partial charge in [0.1, 0.15) is 15.7 Å². The highest BCUT2D eigenvalue weighted by atomic mass is 32.1. The van der Waals surface area contributed by atoms with Crippen LogP contribution in [0.1, 0.15) is 16.1 Å². The highest BCUT2D eigenvalue weighted by Gasteiger charge is 2.12. The molecule has 7 heteroatoms. The van der Waals surface area contributed by atoms with Gasteiger partial charge in [-0.15, -0.1) is 11.3 Å². The maximum Gasteiger partial charge on any atom is 0.263 e. The molecular weight excluding hydrogens is 336 g/mol. The molecule has 2 aromatic heterocycles. The summed E-state index contributed by atoms with van der Waals surface area (Å²) in [5.74, 6) is 0.0624. The Labute approximate surface area is 149 Å². The molecule has 0 aliphatic heterocycles. The molecule has 6 nitrogen and oxygen atoms in total. The quantitative estimate of drug-likeness (QED) is 0.714. The number of thiazole rings is 1. The van der Waals surface area contributed by atoms with Crippen LogP contribution in [0.25, 0.3) is 10.6 Å². The van der Waals surface area contributed by atoms with Crippen LogP contribution in [0.5, 0.6) is 0 Å². The Morgan fingerprint density at radius 3 is 2.56 bits per heavy atom. The van der Waals surface area contributed by atoms with Crippen LogP contribution in [0.15, 0.2) is 60.9 Å². The van der Waals surface area contributed by atoms with E-state index in [4.69, 9.17) is 0 Å². The Morgan fingerprint density at radius 2 is 1.80 bits per heavy atom. The standard InChI is InChI=1S/C18H16N4O2S/c23-16(22-15-8-4-5-10-19-15)9-11-20-17(24)14-12-21-18(25-14)13-6-2-1-3-7-13/h1-8,10,12H,9,11H2,(H,20,24)(H,19,22,23). The lowest BCUT2D eigenvalue weighted by atomic mass is 10.2.